The third-order valence-electron chi connectivity index (χ3n) is 4.50. The Labute approximate surface area is 185 Å². The van der Waals surface area contributed by atoms with Gasteiger partial charge in [-0.2, -0.15) is 17.5 Å². The van der Waals surface area contributed by atoms with Crippen molar-refractivity contribution in [3.05, 3.63) is 60.2 Å². The number of nitrogens with one attached hydrogen (secondary N) is 1. The molecule has 0 unspecified atom stereocenters. The van der Waals surface area contributed by atoms with Gasteiger partial charge in [0.15, 0.2) is 0 Å². The summed E-state index contributed by atoms with van der Waals surface area (Å²) in [6.45, 7) is 5.70. The quantitative estimate of drug-likeness (QED) is 0.539. The molecule has 0 aliphatic carbocycles. The summed E-state index contributed by atoms with van der Waals surface area (Å²) in [6.07, 6.45) is -4.31. The molecule has 10 heteroatoms. The van der Waals surface area contributed by atoms with E-state index in [0.717, 1.165) is 0 Å². The summed E-state index contributed by atoms with van der Waals surface area (Å²) in [6, 6.07) is 10.8. The average Bonchev–Trinajstić information content (AvgIpc) is 2.73. The molecule has 0 heterocycles. The van der Waals surface area contributed by atoms with Gasteiger partial charge in [-0.25, -0.2) is 8.42 Å². The molecule has 0 saturated heterocycles. The number of halogens is 3. The zero-order valence-corrected chi connectivity index (χ0v) is 18.8. The molecule has 0 spiro atoms. The average molecular weight is 471 g/mol. The van der Waals surface area contributed by atoms with Gasteiger partial charge in [0.05, 0.1) is 12.2 Å². The minimum absolute atomic E-state index is 0.0232. The molecule has 0 aromatic heterocycles. The van der Waals surface area contributed by atoms with E-state index in [0.29, 0.717) is 6.08 Å². The SMILES string of the molecule is CCOc1ccc(NC(=O)/C=C(/c2ccccc2)C(F)(F)F)cc1S(=O)(=O)N(CC)CC. The first-order valence-electron chi connectivity index (χ1n) is 9.96. The molecule has 2 aromatic rings. The Balaban J connectivity index is 2.44. The second kappa shape index (κ2) is 10.6. The fraction of sp³-hybridized carbons (Fsp3) is 0.318. The van der Waals surface area contributed by atoms with Crippen LogP contribution < -0.4 is 10.1 Å². The first-order valence-corrected chi connectivity index (χ1v) is 11.4. The number of amides is 1. The molecular weight excluding hydrogens is 445 g/mol. The highest BCUT2D eigenvalue weighted by atomic mass is 32.2. The molecule has 1 N–H and O–H groups in total. The first kappa shape index (κ1) is 25.4. The summed E-state index contributed by atoms with van der Waals surface area (Å²) in [4.78, 5) is 12.2. The van der Waals surface area contributed by atoms with E-state index >= 15 is 0 Å². The topological polar surface area (TPSA) is 75.7 Å². The van der Waals surface area contributed by atoms with Crippen LogP contribution in [0.5, 0.6) is 5.75 Å². The van der Waals surface area contributed by atoms with Crippen molar-refractivity contribution in [3.63, 3.8) is 0 Å². The van der Waals surface area contributed by atoms with Crippen molar-refractivity contribution in [2.75, 3.05) is 25.0 Å². The van der Waals surface area contributed by atoms with Gasteiger partial charge in [-0.1, -0.05) is 44.2 Å². The highest BCUT2D eigenvalue weighted by molar-refractivity contribution is 7.89. The highest BCUT2D eigenvalue weighted by Crippen LogP contribution is 2.34. The highest BCUT2D eigenvalue weighted by Gasteiger charge is 2.35. The second-order valence-electron chi connectivity index (χ2n) is 6.59. The lowest BCUT2D eigenvalue weighted by Crippen LogP contribution is -2.31. The van der Waals surface area contributed by atoms with Crippen LogP contribution in [0.15, 0.2) is 59.5 Å². The molecule has 0 fully saturated rings. The summed E-state index contributed by atoms with van der Waals surface area (Å²) < 4.78 is 73.1. The summed E-state index contributed by atoms with van der Waals surface area (Å²) in [5.74, 6) is -0.954. The van der Waals surface area contributed by atoms with E-state index in [2.05, 4.69) is 5.32 Å². The fourth-order valence-electron chi connectivity index (χ4n) is 3.02. The largest absolute Gasteiger partial charge is 0.492 e. The van der Waals surface area contributed by atoms with Gasteiger partial charge < -0.3 is 10.1 Å². The van der Waals surface area contributed by atoms with Crippen LogP contribution in [0, 0.1) is 0 Å². The third kappa shape index (κ3) is 6.10. The lowest BCUT2D eigenvalue weighted by atomic mass is 10.1. The number of hydrogen-bond acceptors (Lipinski definition) is 4. The molecule has 174 valence electrons. The van der Waals surface area contributed by atoms with Crippen molar-refractivity contribution < 1.29 is 31.1 Å². The standard InChI is InChI=1S/C22H25F3N2O4S/c1-4-27(5-2)32(29,30)20-14-17(12-13-19(20)31-6-3)26-21(28)15-18(22(23,24)25)16-10-8-7-9-11-16/h7-15H,4-6H2,1-3H3,(H,26,28)/b18-15-. The zero-order valence-electron chi connectivity index (χ0n) is 17.9. The van der Waals surface area contributed by atoms with E-state index in [1.807, 2.05) is 0 Å². The van der Waals surface area contributed by atoms with Gasteiger partial charge in [0, 0.05) is 24.9 Å². The fourth-order valence-corrected chi connectivity index (χ4v) is 4.64. The molecule has 6 nitrogen and oxygen atoms in total. The van der Waals surface area contributed by atoms with Crippen LogP contribution in [-0.4, -0.2) is 44.5 Å². The lowest BCUT2D eigenvalue weighted by Gasteiger charge is -2.21. The summed E-state index contributed by atoms with van der Waals surface area (Å²) in [5.41, 5.74) is -1.25. The molecule has 2 aromatic carbocycles. The minimum Gasteiger partial charge on any atom is -0.492 e. The Morgan fingerprint density at radius 3 is 2.22 bits per heavy atom. The minimum atomic E-state index is -4.76. The van der Waals surface area contributed by atoms with Gasteiger partial charge >= 0.3 is 6.18 Å². The molecule has 0 saturated carbocycles. The maximum atomic E-state index is 13.5. The van der Waals surface area contributed by atoms with Crippen LogP contribution in [-0.2, 0) is 14.8 Å². The number of hydrogen-bond donors (Lipinski definition) is 1. The number of carbonyl (C=O) groups is 1. The number of allylic oxidation sites excluding steroid dienone is 1. The van der Waals surface area contributed by atoms with E-state index in [1.165, 1.54) is 46.8 Å². The van der Waals surface area contributed by atoms with Gasteiger partial charge in [-0.3, -0.25) is 4.79 Å². The van der Waals surface area contributed by atoms with Crippen LogP contribution in [0.3, 0.4) is 0 Å². The van der Waals surface area contributed by atoms with Crippen molar-refractivity contribution in [1.82, 2.24) is 4.31 Å². The van der Waals surface area contributed by atoms with Crippen molar-refractivity contribution in [1.29, 1.82) is 0 Å². The van der Waals surface area contributed by atoms with E-state index < -0.39 is 27.7 Å². The van der Waals surface area contributed by atoms with Crippen LogP contribution in [0.2, 0.25) is 0 Å². The first-order chi connectivity index (χ1) is 15.0. The summed E-state index contributed by atoms with van der Waals surface area (Å²) in [5, 5.41) is 2.32. The van der Waals surface area contributed by atoms with Crippen LogP contribution in [0.25, 0.3) is 5.57 Å². The van der Waals surface area contributed by atoms with Gasteiger partial charge in [0.25, 0.3) is 0 Å². The molecule has 0 atom stereocenters. The van der Waals surface area contributed by atoms with E-state index in [4.69, 9.17) is 4.74 Å². The van der Waals surface area contributed by atoms with E-state index in [9.17, 15) is 26.4 Å². The van der Waals surface area contributed by atoms with E-state index in [-0.39, 0.29) is 41.6 Å². The number of nitrogens with zero attached hydrogens (tertiary/aromatic N) is 1. The Hall–Kier alpha value is -2.85. The Bertz CT molecular complexity index is 1060. The molecule has 0 bridgehead atoms. The number of carbonyl (C=O) groups excluding carboxylic acids is 1. The van der Waals surface area contributed by atoms with Gasteiger partial charge in [0.2, 0.25) is 15.9 Å². The normalized spacial score (nSPS) is 12.7. The predicted octanol–water partition coefficient (Wildman–Crippen LogP) is 4.70. The summed E-state index contributed by atoms with van der Waals surface area (Å²) >= 11 is 0. The second-order valence-corrected chi connectivity index (χ2v) is 8.50. The van der Waals surface area contributed by atoms with Gasteiger partial charge in [0.1, 0.15) is 10.6 Å². The predicted molar refractivity (Wildman–Crippen MR) is 117 cm³/mol. The Morgan fingerprint density at radius 2 is 1.69 bits per heavy atom. The van der Waals surface area contributed by atoms with Gasteiger partial charge in [-0.15, -0.1) is 0 Å². The molecule has 0 radical (unpaired) electrons. The van der Waals surface area contributed by atoms with Crippen LogP contribution >= 0.6 is 0 Å². The monoisotopic (exact) mass is 470 g/mol. The van der Waals surface area contributed by atoms with Gasteiger partial charge in [-0.05, 0) is 30.7 Å². The smallest absolute Gasteiger partial charge is 0.417 e. The van der Waals surface area contributed by atoms with E-state index in [1.54, 1.807) is 26.8 Å². The number of sulfonamides is 1. The molecule has 2 rings (SSSR count). The molecule has 0 aliphatic rings. The number of benzene rings is 2. The Kier molecular flexibility index (Phi) is 8.45. The third-order valence-corrected chi connectivity index (χ3v) is 6.57. The molecule has 32 heavy (non-hydrogen) atoms. The van der Waals surface area contributed by atoms with Crippen molar-refractivity contribution in [3.8, 4) is 5.75 Å². The summed E-state index contributed by atoms with van der Waals surface area (Å²) in [7, 11) is -3.94. The van der Waals surface area contributed by atoms with Crippen LogP contribution in [0.4, 0.5) is 18.9 Å². The Morgan fingerprint density at radius 1 is 1.06 bits per heavy atom. The molecular formula is C22H25F3N2O4S. The molecule has 1 amide bonds. The van der Waals surface area contributed by atoms with Crippen molar-refractivity contribution >= 4 is 27.2 Å². The zero-order chi connectivity index (χ0) is 23.9. The number of ether oxygens (including phenoxy) is 1. The number of rotatable bonds is 9. The lowest BCUT2D eigenvalue weighted by molar-refractivity contribution is -0.112. The maximum Gasteiger partial charge on any atom is 0.417 e. The van der Waals surface area contributed by atoms with Crippen molar-refractivity contribution in [2.45, 2.75) is 31.8 Å². The maximum absolute atomic E-state index is 13.5. The van der Waals surface area contributed by atoms with Crippen LogP contribution in [0.1, 0.15) is 26.3 Å². The number of anilines is 1. The van der Waals surface area contributed by atoms with Crippen molar-refractivity contribution in [2.24, 2.45) is 0 Å². The molecule has 0 aliphatic heterocycles. The number of alkyl halides is 3.